The van der Waals surface area contributed by atoms with Gasteiger partial charge < -0.3 is 4.90 Å². The first-order chi connectivity index (χ1) is 12.4. The maximum atomic E-state index is 12.7. The molecule has 0 bridgehead atoms. The quantitative estimate of drug-likeness (QED) is 0.691. The van der Waals surface area contributed by atoms with E-state index in [1.165, 1.54) is 15.8 Å². The lowest BCUT2D eigenvalue weighted by molar-refractivity contribution is 0.385. The van der Waals surface area contributed by atoms with Crippen LogP contribution in [0, 0.1) is 13.8 Å². The fraction of sp³-hybridized carbons (Fsp3) is 0.316. The summed E-state index contributed by atoms with van der Waals surface area (Å²) in [7, 11) is -3.41. The third-order valence-electron chi connectivity index (χ3n) is 4.70. The van der Waals surface area contributed by atoms with Gasteiger partial charge in [-0.2, -0.15) is 4.31 Å². The second-order valence-corrected chi connectivity index (χ2v) is 9.55. The lowest BCUT2D eigenvalue weighted by Gasteiger charge is -2.33. The number of hydrogen-bond acceptors (Lipinski definition) is 5. The van der Waals surface area contributed by atoms with Crippen LogP contribution in [0.5, 0.6) is 0 Å². The molecular formula is C19H21N3O2S2. The van der Waals surface area contributed by atoms with Crippen molar-refractivity contribution in [3.05, 3.63) is 53.6 Å². The average molecular weight is 388 g/mol. The van der Waals surface area contributed by atoms with E-state index < -0.39 is 10.0 Å². The Morgan fingerprint density at radius 2 is 1.69 bits per heavy atom. The summed E-state index contributed by atoms with van der Waals surface area (Å²) in [5.74, 6) is 0. The van der Waals surface area contributed by atoms with Gasteiger partial charge in [-0.25, -0.2) is 13.4 Å². The molecule has 1 aliphatic heterocycles. The Morgan fingerprint density at radius 3 is 2.38 bits per heavy atom. The molecular weight excluding hydrogens is 366 g/mol. The lowest BCUT2D eigenvalue weighted by Crippen LogP contribution is -2.48. The number of sulfonamides is 1. The zero-order valence-electron chi connectivity index (χ0n) is 14.8. The van der Waals surface area contributed by atoms with E-state index >= 15 is 0 Å². The maximum absolute atomic E-state index is 12.7. The van der Waals surface area contributed by atoms with Gasteiger partial charge in [-0.05, 0) is 43.2 Å². The SMILES string of the molecule is Cc1cc(C)c2sc(N3CCN(S(=O)(=O)c4ccccc4)CC3)nc2c1. The van der Waals surface area contributed by atoms with Gasteiger partial charge in [0.15, 0.2) is 5.13 Å². The molecule has 5 nitrogen and oxygen atoms in total. The summed E-state index contributed by atoms with van der Waals surface area (Å²) in [5, 5.41) is 0.977. The molecule has 0 spiro atoms. The fourth-order valence-corrected chi connectivity index (χ4v) is 5.87. The van der Waals surface area contributed by atoms with Crippen LogP contribution in [0.3, 0.4) is 0 Å². The summed E-state index contributed by atoms with van der Waals surface area (Å²) in [6.45, 7) is 6.46. The molecule has 1 aliphatic rings. The van der Waals surface area contributed by atoms with E-state index in [4.69, 9.17) is 4.98 Å². The Labute approximate surface area is 157 Å². The number of aromatic nitrogens is 1. The number of fused-ring (bicyclic) bond motifs is 1. The second kappa shape index (κ2) is 6.64. The Bertz CT molecular complexity index is 1040. The minimum atomic E-state index is -3.41. The molecule has 4 rings (SSSR count). The third kappa shape index (κ3) is 3.11. The average Bonchev–Trinajstić information content (AvgIpc) is 3.07. The van der Waals surface area contributed by atoms with Crippen LogP contribution in [0.25, 0.3) is 10.2 Å². The molecule has 0 atom stereocenters. The number of anilines is 1. The molecule has 2 heterocycles. The van der Waals surface area contributed by atoms with Crippen LogP contribution in [-0.4, -0.2) is 43.9 Å². The van der Waals surface area contributed by atoms with E-state index in [1.807, 2.05) is 6.07 Å². The van der Waals surface area contributed by atoms with Gasteiger partial charge in [-0.1, -0.05) is 35.6 Å². The highest BCUT2D eigenvalue weighted by molar-refractivity contribution is 7.89. The summed E-state index contributed by atoms with van der Waals surface area (Å²) >= 11 is 1.69. The van der Waals surface area contributed by atoms with E-state index in [0.717, 1.165) is 10.6 Å². The zero-order chi connectivity index (χ0) is 18.3. The van der Waals surface area contributed by atoms with Gasteiger partial charge in [0.2, 0.25) is 10.0 Å². The van der Waals surface area contributed by atoms with Crippen LogP contribution in [0.2, 0.25) is 0 Å². The minimum absolute atomic E-state index is 0.361. The topological polar surface area (TPSA) is 53.5 Å². The monoisotopic (exact) mass is 387 g/mol. The minimum Gasteiger partial charge on any atom is -0.345 e. The fourth-order valence-electron chi connectivity index (χ4n) is 3.36. The molecule has 26 heavy (non-hydrogen) atoms. The number of benzene rings is 2. The highest BCUT2D eigenvalue weighted by atomic mass is 32.2. The van der Waals surface area contributed by atoms with Crippen molar-refractivity contribution in [3.63, 3.8) is 0 Å². The van der Waals surface area contributed by atoms with Crippen molar-refractivity contribution in [3.8, 4) is 0 Å². The molecule has 1 saturated heterocycles. The van der Waals surface area contributed by atoms with E-state index in [-0.39, 0.29) is 0 Å². The van der Waals surface area contributed by atoms with Gasteiger partial charge in [0.25, 0.3) is 0 Å². The molecule has 136 valence electrons. The largest absolute Gasteiger partial charge is 0.345 e. The first kappa shape index (κ1) is 17.5. The van der Waals surface area contributed by atoms with Gasteiger partial charge in [-0.15, -0.1) is 0 Å². The lowest BCUT2D eigenvalue weighted by atomic mass is 10.1. The van der Waals surface area contributed by atoms with Crippen molar-refractivity contribution in [2.24, 2.45) is 0 Å². The number of nitrogens with zero attached hydrogens (tertiary/aromatic N) is 3. The van der Waals surface area contributed by atoms with Crippen molar-refractivity contribution in [2.45, 2.75) is 18.7 Å². The molecule has 1 aromatic heterocycles. The Kier molecular flexibility index (Phi) is 4.46. The first-order valence-corrected chi connectivity index (χ1v) is 10.9. The van der Waals surface area contributed by atoms with Crippen LogP contribution < -0.4 is 4.90 Å². The number of rotatable bonds is 3. The van der Waals surface area contributed by atoms with Crippen molar-refractivity contribution in [1.82, 2.24) is 9.29 Å². The molecule has 7 heteroatoms. The summed E-state index contributed by atoms with van der Waals surface area (Å²) in [6, 6.07) is 12.9. The summed E-state index contributed by atoms with van der Waals surface area (Å²) in [4.78, 5) is 7.33. The molecule has 0 amide bonds. The molecule has 3 aromatic rings. The zero-order valence-corrected chi connectivity index (χ0v) is 16.5. The number of aryl methyl sites for hydroxylation is 2. The number of piperazine rings is 1. The van der Waals surface area contributed by atoms with Gasteiger partial charge in [0.1, 0.15) is 0 Å². The summed E-state index contributed by atoms with van der Waals surface area (Å²) in [6.07, 6.45) is 0. The Morgan fingerprint density at radius 1 is 1.00 bits per heavy atom. The van der Waals surface area contributed by atoms with Crippen LogP contribution in [0.15, 0.2) is 47.4 Å². The standard InChI is InChI=1S/C19H21N3O2S2/c1-14-12-15(2)18-17(13-14)20-19(25-18)21-8-10-22(11-9-21)26(23,24)16-6-4-3-5-7-16/h3-7,12-13H,8-11H2,1-2H3. The highest BCUT2D eigenvalue weighted by Gasteiger charge is 2.29. The Balaban J connectivity index is 1.53. The molecule has 0 radical (unpaired) electrons. The smallest absolute Gasteiger partial charge is 0.243 e. The van der Waals surface area contributed by atoms with E-state index in [1.54, 1.807) is 39.9 Å². The van der Waals surface area contributed by atoms with Crippen LogP contribution in [0.4, 0.5) is 5.13 Å². The van der Waals surface area contributed by atoms with Crippen LogP contribution >= 0.6 is 11.3 Å². The highest BCUT2D eigenvalue weighted by Crippen LogP contribution is 2.32. The van der Waals surface area contributed by atoms with Gasteiger partial charge in [0, 0.05) is 26.2 Å². The molecule has 0 saturated carbocycles. The van der Waals surface area contributed by atoms with Crippen molar-refractivity contribution in [2.75, 3.05) is 31.1 Å². The molecule has 2 aromatic carbocycles. The third-order valence-corrected chi connectivity index (χ3v) is 7.88. The normalized spacial score (nSPS) is 16.3. The molecule has 0 aliphatic carbocycles. The van der Waals surface area contributed by atoms with Crippen molar-refractivity contribution in [1.29, 1.82) is 0 Å². The second-order valence-electron chi connectivity index (χ2n) is 6.63. The number of thiazole rings is 1. The van der Waals surface area contributed by atoms with E-state index in [9.17, 15) is 8.42 Å². The van der Waals surface area contributed by atoms with Crippen molar-refractivity contribution < 1.29 is 8.42 Å². The van der Waals surface area contributed by atoms with Gasteiger partial charge in [-0.3, -0.25) is 0 Å². The van der Waals surface area contributed by atoms with E-state index in [2.05, 4.69) is 30.9 Å². The Hall–Kier alpha value is -1.96. The van der Waals surface area contributed by atoms with Crippen molar-refractivity contribution >= 4 is 36.7 Å². The predicted octanol–water partition coefficient (Wildman–Crippen LogP) is 3.42. The predicted molar refractivity (Wildman–Crippen MR) is 107 cm³/mol. The van der Waals surface area contributed by atoms with Crippen LogP contribution in [-0.2, 0) is 10.0 Å². The van der Waals surface area contributed by atoms with Crippen LogP contribution in [0.1, 0.15) is 11.1 Å². The first-order valence-electron chi connectivity index (χ1n) is 8.63. The van der Waals surface area contributed by atoms with E-state index in [0.29, 0.717) is 31.1 Å². The molecule has 1 fully saturated rings. The molecule has 0 unspecified atom stereocenters. The summed E-state index contributed by atoms with van der Waals surface area (Å²) in [5.41, 5.74) is 3.49. The van der Waals surface area contributed by atoms with Gasteiger partial charge in [0.05, 0.1) is 15.1 Å². The maximum Gasteiger partial charge on any atom is 0.243 e. The molecule has 0 N–H and O–H groups in total. The van der Waals surface area contributed by atoms with Gasteiger partial charge >= 0.3 is 0 Å². The summed E-state index contributed by atoms with van der Waals surface area (Å²) < 4.78 is 28.3. The number of hydrogen-bond donors (Lipinski definition) is 0.